The summed E-state index contributed by atoms with van der Waals surface area (Å²) in [7, 11) is 0. The molecule has 16 heavy (non-hydrogen) atoms. The van der Waals surface area contributed by atoms with Gasteiger partial charge >= 0.3 is 0 Å². The van der Waals surface area contributed by atoms with Crippen LogP contribution in [0.2, 0.25) is 0 Å². The van der Waals surface area contributed by atoms with Crippen molar-refractivity contribution < 1.29 is 0 Å². The van der Waals surface area contributed by atoms with E-state index in [4.69, 9.17) is 18.0 Å². The molecule has 1 aromatic rings. The summed E-state index contributed by atoms with van der Waals surface area (Å²) in [6.07, 6.45) is 4.08. The lowest BCUT2D eigenvalue weighted by atomic mass is 10.0. The fourth-order valence-electron chi connectivity index (χ4n) is 1.56. The van der Waals surface area contributed by atoms with E-state index < -0.39 is 0 Å². The number of pyridine rings is 1. The summed E-state index contributed by atoms with van der Waals surface area (Å²) in [6.45, 7) is 5.31. The van der Waals surface area contributed by atoms with Gasteiger partial charge in [-0.15, -0.1) is 0 Å². The first-order chi connectivity index (χ1) is 7.69. The Bertz CT molecular complexity index is 348. The van der Waals surface area contributed by atoms with Gasteiger partial charge in [-0.25, -0.2) is 4.98 Å². The first-order valence-electron chi connectivity index (χ1n) is 5.67. The van der Waals surface area contributed by atoms with Crippen LogP contribution < -0.4 is 11.1 Å². The van der Waals surface area contributed by atoms with Gasteiger partial charge in [0, 0.05) is 12.7 Å². The van der Waals surface area contributed by atoms with Crippen molar-refractivity contribution >= 4 is 23.0 Å². The van der Waals surface area contributed by atoms with E-state index in [0.717, 1.165) is 17.9 Å². The van der Waals surface area contributed by atoms with Crippen LogP contribution in [0, 0.1) is 5.92 Å². The highest BCUT2D eigenvalue weighted by atomic mass is 32.1. The molecule has 1 heterocycles. The monoisotopic (exact) mass is 237 g/mol. The van der Waals surface area contributed by atoms with E-state index in [1.807, 2.05) is 12.1 Å². The minimum atomic E-state index is 0.389. The standard InChI is InChI=1S/C12H19N3S/c1-3-9(4-2)8-15-12-10(11(13)16)6-5-7-14-12/h5-7,9H,3-4,8H2,1-2H3,(H2,13,16)(H,14,15). The minimum absolute atomic E-state index is 0.389. The van der Waals surface area contributed by atoms with E-state index in [9.17, 15) is 0 Å². The number of rotatable bonds is 6. The minimum Gasteiger partial charge on any atom is -0.389 e. The maximum atomic E-state index is 5.64. The topological polar surface area (TPSA) is 50.9 Å². The van der Waals surface area contributed by atoms with Crippen molar-refractivity contribution in [1.82, 2.24) is 4.98 Å². The van der Waals surface area contributed by atoms with E-state index in [1.54, 1.807) is 6.20 Å². The van der Waals surface area contributed by atoms with E-state index in [1.165, 1.54) is 12.8 Å². The van der Waals surface area contributed by atoms with Crippen molar-refractivity contribution in [2.45, 2.75) is 26.7 Å². The normalized spacial score (nSPS) is 10.4. The van der Waals surface area contributed by atoms with Gasteiger partial charge in [-0.3, -0.25) is 0 Å². The molecule has 4 heteroatoms. The lowest BCUT2D eigenvalue weighted by molar-refractivity contribution is 0.518. The van der Waals surface area contributed by atoms with Crippen molar-refractivity contribution in [1.29, 1.82) is 0 Å². The smallest absolute Gasteiger partial charge is 0.136 e. The molecule has 3 N–H and O–H groups in total. The van der Waals surface area contributed by atoms with E-state index in [0.29, 0.717) is 10.9 Å². The summed E-state index contributed by atoms with van der Waals surface area (Å²) in [6, 6.07) is 3.74. The number of nitrogens with zero attached hydrogens (tertiary/aromatic N) is 1. The highest BCUT2D eigenvalue weighted by Gasteiger charge is 2.08. The van der Waals surface area contributed by atoms with Crippen LogP contribution in [-0.4, -0.2) is 16.5 Å². The number of nitrogens with two attached hydrogens (primary N) is 1. The van der Waals surface area contributed by atoms with Crippen LogP contribution in [0.5, 0.6) is 0 Å². The van der Waals surface area contributed by atoms with Crippen LogP contribution in [0.25, 0.3) is 0 Å². The Hall–Kier alpha value is -1.16. The van der Waals surface area contributed by atoms with Crippen molar-refractivity contribution in [3.8, 4) is 0 Å². The molecule has 0 atom stereocenters. The summed E-state index contributed by atoms with van der Waals surface area (Å²) in [5.74, 6) is 1.46. The fraction of sp³-hybridized carbons (Fsp3) is 0.500. The second-order valence-electron chi connectivity index (χ2n) is 3.83. The molecule has 0 radical (unpaired) electrons. The zero-order valence-electron chi connectivity index (χ0n) is 9.86. The van der Waals surface area contributed by atoms with Gasteiger partial charge in [-0.2, -0.15) is 0 Å². The Kier molecular flexibility index (Phi) is 5.19. The average molecular weight is 237 g/mol. The molecule has 0 fully saturated rings. The van der Waals surface area contributed by atoms with Crippen molar-refractivity contribution in [3.63, 3.8) is 0 Å². The maximum Gasteiger partial charge on any atom is 0.136 e. The number of aromatic nitrogens is 1. The summed E-state index contributed by atoms with van der Waals surface area (Å²) in [5.41, 5.74) is 6.46. The molecule has 0 saturated heterocycles. The van der Waals surface area contributed by atoms with Crippen molar-refractivity contribution in [2.75, 3.05) is 11.9 Å². The third-order valence-electron chi connectivity index (χ3n) is 2.79. The Morgan fingerprint density at radius 3 is 2.75 bits per heavy atom. The van der Waals surface area contributed by atoms with Gasteiger partial charge in [0.1, 0.15) is 10.8 Å². The number of thiocarbonyl (C=S) groups is 1. The van der Waals surface area contributed by atoms with Crippen LogP contribution in [0.1, 0.15) is 32.3 Å². The molecule has 0 aliphatic rings. The predicted molar refractivity (Wildman–Crippen MR) is 72.7 cm³/mol. The lowest BCUT2D eigenvalue weighted by Gasteiger charge is -2.15. The summed E-state index contributed by atoms with van der Waals surface area (Å²) < 4.78 is 0. The first-order valence-corrected chi connectivity index (χ1v) is 6.08. The van der Waals surface area contributed by atoms with Gasteiger partial charge in [0.05, 0.1) is 5.56 Å². The summed E-state index contributed by atoms with van der Waals surface area (Å²) in [4.78, 5) is 4.65. The third kappa shape index (κ3) is 3.45. The van der Waals surface area contributed by atoms with E-state index in [-0.39, 0.29) is 0 Å². The molecule has 0 aliphatic heterocycles. The largest absolute Gasteiger partial charge is 0.389 e. The molecule has 1 aromatic heterocycles. The lowest BCUT2D eigenvalue weighted by Crippen LogP contribution is -2.18. The van der Waals surface area contributed by atoms with Crippen LogP contribution in [0.4, 0.5) is 5.82 Å². The number of nitrogens with one attached hydrogen (secondary N) is 1. The molecule has 0 amide bonds. The van der Waals surface area contributed by atoms with Gasteiger partial charge in [-0.1, -0.05) is 38.9 Å². The van der Waals surface area contributed by atoms with E-state index in [2.05, 4.69) is 24.1 Å². The number of hydrogen-bond acceptors (Lipinski definition) is 3. The van der Waals surface area contributed by atoms with Crippen molar-refractivity contribution in [2.24, 2.45) is 11.7 Å². The zero-order chi connectivity index (χ0) is 12.0. The maximum absolute atomic E-state index is 5.64. The average Bonchev–Trinajstić information content (AvgIpc) is 2.30. The Morgan fingerprint density at radius 1 is 1.50 bits per heavy atom. The highest BCUT2D eigenvalue weighted by molar-refractivity contribution is 7.80. The highest BCUT2D eigenvalue weighted by Crippen LogP contribution is 2.14. The van der Waals surface area contributed by atoms with E-state index >= 15 is 0 Å². The molecule has 88 valence electrons. The molecule has 0 aliphatic carbocycles. The van der Waals surface area contributed by atoms with Crippen LogP contribution in [0.15, 0.2) is 18.3 Å². The molecule has 0 spiro atoms. The first kappa shape index (κ1) is 12.9. The van der Waals surface area contributed by atoms with Gasteiger partial charge in [-0.05, 0) is 18.1 Å². The summed E-state index contributed by atoms with van der Waals surface area (Å²) >= 11 is 4.98. The molecular weight excluding hydrogens is 218 g/mol. The van der Waals surface area contributed by atoms with Gasteiger partial charge < -0.3 is 11.1 Å². The van der Waals surface area contributed by atoms with Gasteiger partial charge in [0.15, 0.2) is 0 Å². The quantitative estimate of drug-likeness (QED) is 0.747. The molecule has 3 nitrogen and oxygen atoms in total. The molecule has 0 bridgehead atoms. The van der Waals surface area contributed by atoms with Crippen LogP contribution in [-0.2, 0) is 0 Å². The number of anilines is 1. The Morgan fingerprint density at radius 2 is 2.19 bits per heavy atom. The summed E-state index contributed by atoms with van der Waals surface area (Å²) in [5, 5.41) is 3.32. The van der Waals surface area contributed by atoms with Crippen LogP contribution >= 0.6 is 12.2 Å². The molecule has 1 rings (SSSR count). The molecule has 0 aromatic carbocycles. The van der Waals surface area contributed by atoms with Crippen LogP contribution in [0.3, 0.4) is 0 Å². The molecule has 0 unspecified atom stereocenters. The second kappa shape index (κ2) is 6.43. The van der Waals surface area contributed by atoms with Gasteiger partial charge in [0.2, 0.25) is 0 Å². The second-order valence-corrected chi connectivity index (χ2v) is 4.27. The third-order valence-corrected chi connectivity index (χ3v) is 3.01. The Balaban J connectivity index is 2.69. The Labute approximate surface area is 102 Å². The molecular formula is C12H19N3S. The fourth-order valence-corrected chi connectivity index (χ4v) is 1.73. The predicted octanol–water partition coefficient (Wildman–Crippen LogP) is 2.56. The molecule has 0 saturated carbocycles. The van der Waals surface area contributed by atoms with Gasteiger partial charge in [0.25, 0.3) is 0 Å². The zero-order valence-corrected chi connectivity index (χ0v) is 10.7. The number of hydrogen-bond donors (Lipinski definition) is 2. The van der Waals surface area contributed by atoms with Crippen molar-refractivity contribution in [3.05, 3.63) is 23.9 Å². The SMILES string of the molecule is CCC(CC)CNc1ncccc1C(N)=S.